The number of rotatable bonds is 2. The molecule has 0 atom stereocenters. The lowest BCUT2D eigenvalue weighted by molar-refractivity contribution is 0.0696. The third kappa shape index (κ3) is 2.98. The highest BCUT2D eigenvalue weighted by atomic mass is 19.1. The minimum absolute atomic E-state index is 0.0666. The van der Waals surface area contributed by atoms with Crippen LogP contribution in [-0.4, -0.2) is 29.1 Å². The van der Waals surface area contributed by atoms with Gasteiger partial charge in [0.25, 0.3) is 5.91 Å². The van der Waals surface area contributed by atoms with Crippen LogP contribution < -0.4 is 0 Å². The van der Waals surface area contributed by atoms with Crippen molar-refractivity contribution in [2.75, 3.05) is 13.1 Å². The first-order chi connectivity index (χ1) is 11.0. The average Bonchev–Trinajstić information content (AvgIpc) is 2.89. The maximum atomic E-state index is 14.0. The van der Waals surface area contributed by atoms with Gasteiger partial charge in [0.1, 0.15) is 28.7 Å². The molecular formula is C17H18F2N2O2. The molecule has 0 aliphatic carbocycles. The van der Waals surface area contributed by atoms with E-state index in [1.165, 1.54) is 6.07 Å². The number of hydrogen-bond acceptors (Lipinski definition) is 3. The molecule has 4 nitrogen and oxygen atoms in total. The van der Waals surface area contributed by atoms with Gasteiger partial charge < -0.3 is 9.42 Å². The molecule has 1 aliphatic heterocycles. The number of carbonyl (C=O) groups is 1. The van der Waals surface area contributed by atoms with Crippen molar-refractivity contribution >= 4 is 5.91 Å². The van der Waals surface area contributed by atoms with Gasteiger partial charge in [-0.15, -0.1) is 0 Å². The second-order valence-corrected chi connectivity index (χ2v) is 6.06. The lowest BCUT2D eigenvalue weighted by Gasteiger charge is -2.30. The molecule has 1 aromatic carbocycles. The Kier molecular flexibility index (Phi) is 4.15. The number of piperidine rings is 1. The summed E-state index contributed by atoms with van der Waals surface area (Å²) < 4.78 is 32.2. The van der Waals surface area contributed by atoms with Crippen LogP contribution in [0.3, 0.4) is 0 Å². The highest BCUT2D eigenvalue weighted by Crippen LogP contribution is 2.30. The molecule has 23 heavy (non-hydrogen) atoms. The first-order valence-corrected chi connectivity index (χ1v) is 7.68. The average molecular weight is 320 g/mol. The van der Waals surface area contributed by atoms with Gasteiger partial charge in [-0.05, 0) is 37.8 Å². The highest BCUT2D eigenvalue weighted by molar-refractivity contribution is 6.00. The summed E-state index contributed by atoms with van der Waals surface area (Å²) in [5.74, 6) is -0.720. The van der Waals surface area contributed by atoms with Crippen LogP contribution in [-0.2, 0) is 0 Å². The summed E-state index contributed by atoms with van der Waals surface area (Å²) in [5.41, 5.74) is 0.450. The van der Waals surface area contributed by atoms with Crippen LogP contribution >= 0.6 is 0 Å². The third-order valence-corrected chi connectivity index (χ3v) is 4.33. The van der Waals surface area contributed by atoms with Gasteiger partial charge in [0, 0.05) is 24.7 Å². The minimum Gasteiger partial charge on any atom is -0.360 e. The van der Waals surface area contributed by atoms with Crippen molar-refractivity contribution in [1.82, 2.24) is 10.1 Å². The third-order valence-electron chi connectivity index (χ3n) is 4.33. The van der Waals surface area contributed by atoms with Gasteiger partial charge in [-0.1, -0.05) is 12.1 Å². The predicted molar refractivity (Wildman–Crippen MR) is 80.9 cm³/mol. The Labute approximate surface area is 133 Å². The van der Waals surface area contributed by atoms with Crippen molar-refractivity contribution in [3.05, 3.63) is 41.2 Å². The SMILES string of the molecule is Cc1onc(-c2ccc(F)cc2F)c1C(=O)N1CCC(C)CC1. The van der Waals surface area contributed by atoms with Crippen LogP contribution in [0.25, 0.3) is 11.3 Å². The summed E-state index contributed by atoms with van der Waals surface area (Å²) in [6.45, 7) is 5.11. The monoisotopic (exact) mass is 320 g/mol. The quantitative estimate of drug-likeness (QED) is 0.845. The summed E-state index contributed by atoms with van der Waals surface area (Å²) in [6, 6.07) is 3.19. The Balaban J connectivity index is 1.97. The second-order valence-electron chi connectivity index (χ2n) is 6.06. The van der Waals surface area contributed by atoms with E-state index in [0.717, 1.165) is 25.0 Å². The fraction of sp³-hybridized carbons (Fsp3) is 0.412. The van der Waals surface area contributed by atoms with Gasteiger partial charge in [-0.2, -0.15) is 0 Å². The van der Waals surface area contributed by atoms with Gasteiger partial charge >= 0.3 is 0 Å². The largest absolute Gasteiger partial charge is 0.360 e. The van der Waals surface area contributed by atoms with E-state index in [1.807, 2.05) is 0 Å². The summed E-state index contributed by atoms with van der Waals surface area (Å²) in [6.07, 6.45) is 1.88. The molecule has 2 aromatic rings. The Bertz CT molecular complexity index is 734. The molecule has 1 aliphatic rings. The first-order valence-electron chi connectivity index (χ1n) is 7.68. The summed E-state index contributed by atoms with van der Waals surface area (Å²) in [7, 11) is 0. The van der Waals surface area contributed by atoms with E-state index in [4.69, 9.17) is 4.52 Å². The van der Waals surface area contributed by atoms with E-state index in [2.05, 4.69) is 12.1 Å². The zero-order valence-corrected chi connectivity index (χ0v) is 13.1. The number of hydrogen-bond donors (Lipinski definition) is 0. The molecule has 6 heteroatoms. The van der Waals surface area contributed by atoms with Crippen molar-refractivity contribution in [3.8, 4) is 11.3 Å². The summed E-state index contributed by atoms with van der Waals surface area (Å²) in [5, 5.41) is 3.82. The van der Waals surface area contributed by atoms with E-state index in [9.17, 15) is 13.6 Å². The normalized spacial score (nSPS) is 15.9. The number of halogens is 2. The van der Waals surface area contributed by atoms with Crippen molar-refractivity contribution in [1.29, 1.82) is 0 Å². The van der Waals surface area contributed by atoms with E-state index in [0.29, 0.717) is 24.8 Å². The fourth-order valence-corrected chi connectivity index (χ4v) is 2.86. The number of likely N-dealkylation sites (tertiary alicyclic amines) is 1. The maximum absolute atomic E-state index is 14.0. The second kappa shape index (κ2) is 6.10. The minimum atomic E-state index is -0.764. The van der Waals surface area contributed by atoms with Crippen molar-refractivity contribution in [2.45, 2.75) is 26.7 Å². The Morgan fingerprint density at radius 1 is 1.30 bits per heavy atom. The van der Waals surface area contributed by atoms with Crippen LogP contribution in [0.1, 0.15) is 35.9 Å². The van der Waals surface area contributed by atoms with Crippen molar-refractivity contribution < 1.29 is 18.1 Å². The summed E-state index contributed by atoms with van der Waals surface area (Å²) in [4.78, 5) is 14.5. The zero-order chi connectivity index (χ0) is 16.6. The number of aryl methyl sites for hydroxylation is 1. The lowest BCUT2D eigenvalue weighted by atomic mass is 9.97. The van der Waals surface area contributed by atoms with Gasteiger partial charge in [0.2, 0.25) is 0 Å². The van der Waals surface area contributed by atoms with Crippen molar-refractivity contribution in [3.63, 3.8) is 0 Å². The van der Waals surface area contributed by atoms with Crippen LogP contribution in [0, 0.1) is 24.5 Å². The van der Waals surface area contributed by atoms with E-state index in [1.54, 1.807) is 11.8 Å². The number of nitrogens with zero attached hydrogens (tertiary/aromatic N) is 2. The molecule has 0 N–H and O–H groups in total. The van der Waals surface area contributed by atoms with Gasteiger partial charge in [0.15, 0.2) is 0 Å². The van der Waals surface area contributed by atoms with Crippen LogP contribution in [0.5, 0.6) is 0 Å². The number of amides is 1. The predicted octanol–water partition coefficient (Wildman–Crippen LogP) is 3.80. The number of benzene rings is 1. The van der Waals surface area contributed by atoms with E-state index in [-0.39, 0.29) is 22.7 Å². The van der Waals surface area contributed by atoms with Gasteiger partial charge in [0.05, 0.1) is 0 Å². The molecule has 2 heterocycles. The Hall–Kier alpha value is -2.24. The molecule has 1 saturated heterocycles. The molecule has 0 radical (unpaired) electrons. The standard InChI is InChI=1S/C17H18F2N2O2/c1-10-5-7-21(8-6-10)17(22)15-11(2)23-20-16(15)13-4-3-12(18)9-14(13)19/h3-4,9-10H,5-8H2,1-2H3. The van der Waals surface area contributed by atoms with Gasteiger partial charge in [-0.3, -0.25) is 4.79 Å². The molecule has 0 bridgehead atoms. The Morgan fingerprint density at radius 3 is 2.65 bits per heavy atom. The topological polar surface area (TPSA) is 46.3 Å². The lowest BCUT2D eigenvalue weighted by Crippen LogP contribution is -2.38. The molecule has 122 valence electrons. The molecule has 1 aromatic heterocycles. The Morgan fingerprint density at radius 2 is 2.00 bits per heavy atom. The van der Waals surface area contributed by atoms with Gasteiger partial charge in [-0.25, -0.2) is 8.78 Å². The smallest absolute Gasteiger partial charge is 0.259 e. The molecule has 3 rings (SSSR count). The maximum Gasteiger partial charge on any atom is 0.259 e. The summed E-state index contributed by atoms with van der Waals surface area (Å²) >= 11 is 0. The molecule has 1 amide bonds. The number of aromatic nitrogens is 1. The fourth-order valence-electron chi connectivity index (χ4n) is 2.86. The molecular weight excluding hydrogens is 302 g/mol. The zero-order valence-electron chi connectivity index (χ0n) is 13.1. The van der Waals surface area contributed by atoms with Crippen LogP contribution in [0.15, 0.2) is 22.7 Å². The first kappa shape index (κ1) is 15.6. The molecule has 0 saturated carbocycles. The molecule has 0 spiro atoms. The van der Waals surface area contributed by atoms with Crippen molar-refractivity contribution in [2.24, 2.45) is 5.92 Å². The molecule has 0 unspecified atom stereocenters. The van der Waals surface area contributed by atoms with E-state index >= 15 is 0 Å². The highest BCUT2D eigenvalue weighted by Gasteiger charge is 2.29. The van der Waals surface area contributed by atoms with Crippen LogP contribution in [0.4, 0.5) is 8.78 Å². The van der Waals surface area contributed by atoms with E-state index < -0.39 is 11.6 Å². The number of carbonyl (C=O) groups excluding carboxylic acids is 1. The molecule has 1 fully saturated rings. The van der Waals surface area contributed by atoms with Crippen LogP contribution in [0.2, 0.25) is 0 Å².